The normalized spacial score (nSPS) is 17.2. The molecule has 0 N–H and O–H groups in total. The fraction of sp³-hybridized carbons (Fsp3) is 0.391. The number of benzene rings is 2. The van der Waals surface area contributed by atoms with Gasteiger partial charge in [0.25, 0.3) is 0 Å². The second-order valence-electron chi connectivity index (χ2n) is 7.56. The molecule has 0 radical (unpaired) electrons. The van der Waals surface area contributed by atoms with Crippen LogP contribution >= 0.6 is 0 Å². The molecule has 1 aliphatic heterocycles. The van der Waals surface area contributed by atoms with Crippen LogP contribution in [0.4, 0.5) is 5.69 Å². The zero-order valence-electron chi connectivity index (χ0n) is 16.2. The number of para-hydroxylation sites is 2. The topological polar surface area (TPSA) is 38.1 Å². The Bertz CT molecular complexity index is 942. The minimum absolute atomic E-state index is 0.146. The quantitative estimate of drug-likeness (QED) is 0.576. The Labute approximate surface area is 160 Å². The highest BCUT2D eigenvalue weighted by molar-refractivity contribution is 5.96. The van der Waals surface area contributed by atoms with E-state index in [1.54, 1.807) is 0 Å². The highest BCUT2D eigenvalue weighted by Crippen LogP contribution is 2.33. The molecule has 0 spiro atoms. The number of anilines is 1. The average molecular weight is 361 g/mol. The summed E-state index contributed by atoms with van der Waals surface area (Å²) in [5.74, 6) is 1.40. The molecule has 4 rings (SSSR count). The molecule has 1 saturated heterocycles. The van der Waals surface area contributed by atoms with Crippen LogP contribution in [-0.4, -0.2) is 22.0 Å². The molecule has 140 valence electrons. The fourth-order valence-electron chi connectivity index (χ4n) is 4.02. The van der Waals surface area contributed by atoms with Crippen molar-refractivity contribution in [2.45, 2.75) is 52.0 Å². The highest BCUT2D eigenvalue weighted by Gasteiger charge is 2.34. The molecule has 1 aliphatic rings. The first-order valence-corrected chi connectivity index (χ1v) is 9.99. The van der Waals surface area contributed by atoms with Crippen LogP contribution in [0, 0.1) is 6.92 Å². The lowest BCUT2D eigenvalue weighted by Gasteiger charge is -2.17. The number of carbonyl (C=O) groups excluding carboxylic acids is 1. The second-order valence-corrected chi connectivity index (χ2v) is 7.56. The van der Waals surface area contributed by atoms with Crippen LogP contribution in [0.1, 0.15) is 49.9 Å². The van der Waals surface area contributed by atoms with Crippen LogP contribution in [0.5, 0.6) is 0 Å². The monoisotopic (exact) mass is 361 g/mol. The largest absolute Gasteiger partial charge is 0.328 e. The number of unbranched alkanes of at least 4 members (excludes halogenated alkanes) is 2. The van der Waals surface area contributed by atoms with Gasteiger partial charge in [0.1, 0.15) is 5.82 Å². The molecule has 1 fully saturated rings. The Kier molecular flexibility index (Phi) is 4.97. The van der Waals surface area contributed by atoms with Gasteiger partial charge in [0, 0.05) is 31.1 Å². The first-order valence-electron chi connectivity index (χ1n) is 9.99. The number of aromatic nitrogens is 2. The molecule has 2 aromatic carbocycles. The first kappa shape index (κ1) is 17.8. The summed E-state index contributed by atoms with van der Waals surface area (Å²) in [5.41, 5.74) is 4.41. The van der Waals surface area contributed by atoms with Gasteiger partial charge in [-0.1, -0.05) is 49.6 Å². The predicted octanol–water partition coefficient (Wildman–Crippen LogP) is 5.06. The van der Waals surface area contributed by atoms with Crippen molar-refractivity contribution >= 4 is 22.6 Å². The lowest BCUT2D eigenvalue weighted by Crippen LogP contribution is -2.24. The summed E-state index contributed by atoms with van der Waals surface area (Å²) < 4.78 is 2.35. The van der Waals surface area contributed by atoms with Crippen LogP contribution < -0.4 is 4.90 Å². The van der Waals surface area contributed by atoms with Gasteiger partial charge in [0.2, 0.25) is 5.91 Å². The summed E-state index contributed by atoms with van der Waals surface area (Å²) in [7, 11) is 0. The van der Waals surface area contributed by atoms with Crippen molar-refractivity contribution < 1.29 is 4.79 Å². The molecule has 1 amide bonds. The Morgan fingerprint density at radius 3 is 2.63 bits per heavy atom. The van der Waals surface area contributed by atoms with E-state index >= 15 is 0 Å². The number of hydrogen-bond donors (Lipinski definition) is 0. The Morgan fingerprint density at radius 2 is 1.85 bits per heavy atom. The molecule has 1 aromatic heterocycles. The van der Waals surface area contributed by atoms with Crippen LogP contribution in [0.15, 0.2) is 48.5 Å². The van der Waals surface area contributed by atoms with Gasteiger partial charge in [0.05, 0.1) is 11.0 Å². The number of hydrogen-bond acceptors (Lipinski definition) is 2. The van der Waals surface area contributed by atoms with Gasteiger partial charge in [-0.2, -0.15) is 0 Å². The number of nitrogens with zero attached hydrogens (tertiary/aromatic N) is 3. The van der Waals surface area contributed by atoms with E-state index in [-0.39, 0.29) is 11.8 Å². The Morgan fingerprint density at radius 1 is 1.07 bits per heavy atom. The molecule has 27 heavy (non-hydrogen) atoms. The van der Waals surface area contributed by atoms with Gasteiger partial charge in [0.15, 0.2) is 0 Å². The standard InChI is InChI=1S/C23H27N3O/c1-3-4-7-14-25-21-9-6-5-8-20(21)24-23(25)18-15-22(27)26(16-18)19-12-10-17(2)11-13-19/h5-6,8-13,18H,3-4,7,14-16H2,1-2H3. The Hall–Kier alpha value is -2.62. The van der Waals surface area contributed by atoms with Crippen LogP contribution in [0.3, 0.4) is 0 Å². The maximum absolute atomic E-state index is 12.7. The van der Waals surface area contributed by atoms with E-state index in [4.69, 9.17) is 4.98 Å². The van der Waals surface area contributed by atoms with E-state index in [0.717, 1.165) is 30.0 Å². The number of carbonyl (C=O) groups is 1. The third-order valence-corrected chi connectivity index (χ3v) is 5.51. The van der Waals surface area contributed by atoms with Gasteiger partial charge in [-0.15, -0.1) is 0 Å². The van der Waals surface area contributed by atoms with Crippen LogP contribution in [-0.2, 0) is 11.3 Å². The number of imidazole rings is 1. The zero-order chi connectivity index (χ0) is 18.8. The molecular formula is C23H27N3O. The molecule has 1 unspecified atom stereocenters. The number of fused-ring (bicyclic) bond motifs is 1. The average Bonchev–Trinajstić information content (AvgIpc) is 3.24. The van der Waals surface area contributed by atoms with Crippen molar-refractivity contribution in [3.8, 4) is 0 Å². The highest BCUT2D eigenvalue weighted by atomic mass is 16.2. The minimum Gasteiger partial charge on any atom is -0.328 e. The van der Waals surface area contributed by atoms with Crippen LogP contribution in [0.25, 0.3) is 11.0 Å². The van der Waals surface area contributed by atoms with Crippen LogP contribution in [0.2, 0.25) is 0 Å². The van der Waals surface area contributed by atoms with Gasteiger partial charge in [-0.3, -0.25) is 4.79 Å². The molecule has 4 heteroatoms. The molecule has 4 nitrogen and oxygen atoms in total. The van der Waals surface area contributed by atoms with E-state index in [0.29, 0.717) is 13.0 Å². The Balaban J connectivity index is 1.64. The lowest BCUT2D eigenvalue weighted by atomic mass is 10.1. The van der Waals surface area contributed by atoms with Gasteiger partial charge in [-0.05, 0) is 37.6 Å². The van der Waals surface area contributed by atoms with Crippen molar-refractivity contribution in [2.75, 3.05) is 11.4 Å². The van der Waals surface area contributed by atoms with Gasteiger partial charge < -0.3 is 9.47 Å². The summed E-state index contributed by atoms with van der Waals surface area (Å²) in [6.45, 7) is 5.97. The third-order valence-electron chi connectivity index (χ3n) is 5.51. The lowest BCUT2D eigenvalue weighted by molar-refractivity contribution is -0.117. The minimum atomic E-state index is 0.146. The molecular weight excluding hydrogens is 334 g/mol. The van der Waals surface area contributed by atoms with Crippen molar-refractivity contribution in [3.05, 3.63) is 59.9 Å². The van der Waals surface area contributed by atoms with E-state index < -0.39 is 0 Å². The van der Waals surface area contributed by atoms with E-state index in [1.165, 1.54) is 23.9 Å². The van der Waals surface area contributed by atoms with E-state index in [2.05, 4.69) is 48.7 Å². The van der Waals surface area contributed by atoms with Gasteiger partial charge >= 0.3 is 0 Å². The summed E-state index contributed by atoms with van der Waals surface area (Å²) in [5, 5.41) is 0. The first-order chi connectivity index (χ1) is 13.2. The molecule has 2 heterocycles. The van der Waals surface area contributed by atoms with Crippen molar-refractivity contribution in [1.29, 1.82) is 0 Å². The smallest absolute Gasteiger partial charge is 0.227 e. The number of amides is 1. The molecule has 0 saturated carbocycles. The van der Waals surface area contributed by atoms with E-state index in [9.17, 15) is 4.79 Å². The SMILES string of the molecule is CCCCCn1c(C2CC(=O)N(c3ccc(C)cc3)C2)nc2ccccc21. The summed E-state index contributed by atoms with van der Waals surface area (Å²) in [6.07, 6.45) is 4.09. The van der Waals surface area contributed by atoms with Gasteiger partial charge in [-0.25, -0.2) is 4.98 Å². The molecule has 1 atom stereocenters. The van der Waals surface area contributed by atoms with Crippen molar-refractivity contribution in [2.24, 2.45) is 0 Å². The molecule has 0 bridgehead atoms. The molecule has 3 aromatic rings. The summed E-state index contributed by atoms with van der Waals surface area (Å²) in [4.78, 5) is 19.6. The third kappa shape index (κ3) is 3.48. The number of rotatable bonds is 6. The maximum Gasteiger partial charge on any atom is 0.227 e. The summed E-state index contributed by atoms with van der Waals surface area (Å²) in [6, 6.07) is 16.5. The second kappa shape index (κ2) is 7.55. The number of aryl methyl sites for hydroxylation is 2. The maximum atomic E-state index is 12.7. The predicted molar refractivity (Wildman–Crippen MR) is 110 cm³/mol. The molecule has 0 aliphatic carbocycles. The summed E-state index contributed by atoms with van der Waals surface area (Å²) >= 11 is 0. The fourth-order valence-corrected chi connectivity index (χ4v) is 4.02. The zero-order valence-corrected chi connectivity index (χ0v) is 16.2. The van der Waals surface area contributed by atoms with Crippen molar-refractivity contribution in [3.63, 3.8) is 0 Å². The van der Waals surface area contributed by atoms with E-state index in [1.807, 2.05) is 23.1 Å². The van der Waals surface area contributed by atoms with Crippen molar-refractivity contribution in [1.82, 2.24) is 9.55 Å².